The first-order valence-electron chi connectivity index (χ1n) is 2.68. The summed E-state index contributed by atoms with van der Waals surface area (Å²) in [6.07, 6.45) is 1.30. The molecule has 0 spiro atoms. The summed E-state index contributed by atoms with van der Waals surface area (Å²) in [5.74, 6) is 0.308. The Labute approximate surface area is 60.7 Å². The smallest absolute Gasteiger partial charge is 0.272 e. The highest BCUT2D eigenvalue weighted by atomic mass is 16.1. The fourth-order valence-corrected chi connectivity index (χ4v) is 0.510. The molecule has 2 N–H and O–H groups in total. The van der Waals surface area contributed by atoms with Crippen LogP contribution in [0.4, 0.5) is 5.82 Å². The minimum atomic E-state index is -0.497. The lowest BCUT2D eigenvalue weighted by molar-refractivity contribution is 1.06. The Bertz CT molecular complexity index is 336. The van der Waals surface area contributed by atoms with Crippen LogP contribution in [-0.2, 0) is 0 Å². The van der Waals surface area contributed by atoms with E-state index in [-0.39, 0.29) is 0 Å². The molecule has 0 bridgehead atoms. The lowest BCUT2D eigenvalue weighted by Gasteiger charge is -1.90. The van der Waals surface area contributed by atoms with Crippen LogP contribution < -0.4 is 11.1 Å². The summed E-state index contributed by atoms with van der Waals surface area (Å²) < 4.78 is 0. The average molecular weight is 152 g/mol. The van der Waals surface area contributed by atoms with Gasteiger partial charge in [-0.15, -0.1) is 5.53 Å². The van der Waals surface area contributed by atoms with Crippen molar-refractivity contribution in [3.8, 4) is 0 Å². The van der Waals surface area contributed by atoms with Crippen LogP contribution in [0, 0.1) is 0 Å². The van der Waals surface area contributed by atoms with Crippen molar-refractivity contribution in [1.29, 1.82) is 0 Å². The maximum absolute atomic E-state index is 10.5. The molecule has 0 saturated heterocycles. The Balaban J connectivity index is 2.87. The van der Waals surface area contributed by atoms with Gasteiger partial charge in [-0.3, -0.25) is 4.98 Å². The summed E-state index contributed by atoms with van der Waals surface area (Å²) in [6.45, 7) is 0. The van der Waals surface area contributed by atoms with Gasteiger partial charge in [0.25, 0.3) is 0 Å². The number of aromatic nitrogens is 2. The van der Waals surface area contributed by atoms with E-state index in [4.69, 9.17) is 5.53 Å². The topological polar surface area (TPSA) is 107 Å². The van der Waals surface area contributed by atoms with E-state index in [0.29, 0.717) is 5.82 Å². The summed E-state index contributed by atoms with van der Waals surface area (Å²) in [6, 6.07) is 1.47. The second kappa shape index (κ2) is 3.23. The van der Waals surface area contributed by atoms with Crippen LogP contribution in [0.3, 0.4) is 0 Å². The molecule has 0 aliphatic carbocycles. The van der Waals surface area contributed by atoms with Crippen LogP contribution >= 0.6 is 0 Å². The maximum atomic E-state index is 10.5. The second-order valence-electron chi connectivity index (χ2n) is 1.59. The Morgan fingerprint density at radius 2 is 2.64 bits per heavy atom. The van der Waals surface area contributed by atoms with E-state index < -0.39 is 5.69 Å². The first kappa shape index (κ1) is 7.10. The number of nitrogens with one attached hydrogen (secondary N) is 2. The lowest BCUT2D eigenvalue weighted by atomic mass is 10.6. The molecule has 7 nitrogen and oxygen atoms in total. The predicted octanol–water partition coefficient (Wildman–Crippen LogP) is 0.407. The molecule has 0 amide bonds. The SMILES string of the molecule is [N-]=[N+]=NNc1ccnc(=O)[nH]1. The summed E-state index contributed by atoms with van der Waals surface area (Å²) in [4.78, 5) is 18.6. The molecule has 1 aromatic rings. The predicted molar refractivity (Wildman–Crippen MR) is 37.6 cm³/mol. The van der Waals surface area contributed by atoms with Gasteiger partial charge in [-0.25, -0.2) is 15.2 Å². The second-order valence-corrected chi connectivity index (χ2v) is 1.59. The third-order valence-electron chi connectivity index (χ3n) is 0.890. The van der Waals surface area contributed by atoms with Gasteiger partial charge >= 0.3 is 5.69 Å². The number of nitrogens with zero attached hydrogens (tertiary/aromatic N) is 4. The van der Waals surface area contributed by atoms with Gasteiger partial charge in [0.2, 0.25) is 5.82 Å². The van der Waals surface area contributed by atoms with Crippen LogP contribution in [0.25, 0.3) is 10.4 Å². The molecular weight excluding hydrogens is 148 g/mol. The molecule has 11 heavy (non-hydrogen) atoms. The Kier molecular flexibility index (Phi) is 2.09. The third kappa shape index (κ3) is 1.99. The molecule has 0 aromatic carbocycles. The molecule has 56 valence electrons. The molecule has 1 aromatic heterocycles. The average Bonchev–Trinajstić information content (AvgIpc) is 2.01. The zero-order valence-electron chi connectivity index (χ0n) is 5.35. The highest BCUT2D eigenvalue weighted by Crippen LogP contribution is 1.94. The van der Waals surface area contributed by atoms with Crippen molar-refractivity contribution in [2.45, 2.75) is 0 Å². The molecule has 0 saturated carbocycles. The Hall–Kier alpha value is -2.01. The van der Waals surface area contributed by atoms with Gasteiger partial charge in [0.15, 0.2) is 0 Å². The van der Waals surface area contributed by atoms with Gasteiger partial charge in [-0.1, -0.05) is 0 Å². The number of hydrogen-bond acceptors (Lipinski definition) is 3. The van der Waals surface area contributed by atoms with Crippen molar-refractivity contribution < 1.29 is 0 Å². The van der Waals surface area contributed by atoms with E-state index in [1.54, 1.807) is 0 Å². The molecule has 1 heterocycles. The van der Waals surface area contributed by atoms with Crippen LogP contribution in [0.15, 0.2) is 22.3 Å². The zero-order valence-corrected chi connectivity index (χ0v) is 5.35. The van der Waals surface area contributed by atoms with Crippen molar-refractivity contribution >= 4 is 5.82 Å². The summed E-state index contributed by atoms with van der Waals surface area (Å²) >= 11 is 0. The molecule has 0 radical (unpaired) electrons. The molecule has 0 fully saturated rings. The van der Waals surface area contributed by atoms with Gasteiger partial charge < -0.3 is 0 Å². The zero-order chi connectivity index (χ0) is 8.10. The quantitative estimate of drug-likeness (QED) is 0.277. The highest BCUT2D eigenvalue weighted by molar-refractivity contribution is 5.29. The summed E-state index contributed by atoms with van der Waals surface area (Å²) in [7, 11) is 0. The van der Waals surface area contributed by atoms with Gasteiger partial charge in [0.05, 0.1) is 0 Å². The van der Waals surface area contributed by atoms with E-state index >= 15 is 0 Å². The van der Waals surface area contributed by atoms with Crippen LogP contribution in [0.5, 0.6) is 0 Å². The van der Waals surface area contributed by atoms with E-state index in [2.05, 4.69) is 25.5 Å². The molecule has 0 unspecified atom stereocenters. The molecule has 0 atom stereocenters. The first-order valence-corrected chi connectivity index (χ1v) is 2.68. The van der Waals surface area contributed by atoms with Gasteiger partial charge in [-0.2, -0.15) is 4.91 Å². The summed E-state index contributed by atoms with van der Waals surface area (Å²) in [5.41, 5.74) is 9.64. The largest absolute Gasteiger partial charge is 0.348 e. The van der Waals surface area contributed by atoms with Crippen molar-refractivity contribution in [2.75, 3.05) is 5.43 Å². The first-order chi connectivity index (χ1) is 5.33. The number of hydrogen-bond donors (Lipinski definition) is 2. The fraction of sp³-hybridized carbons (Fsp3) is 0. The molecule has 0 aliphatic heterocycles. The number of anilines is 1. The minimum absolute atomic E-state index is 0.308. The standard InChI is InChI=1S/C4H4N6O/c5-9-10-8-3-1-2-6-4(11)7-3/h1-2H,(H2,6,7,8,11). The van der Waals surface area contributed by atoms with Crippen molar-refractivity contribution in [3.05, 3.63) is 33.2 Å². The third-order valence-corrected chi connectivity index (χ3v) is 0.890. The number of H-pyrrole nitrogens is 1. The van der Waals surface area contributed by atoms with Crippen LogP contribution in [0.1, 0.15) is 0 Å². The normalized spacial score (nSPS) is 8.36. The van der Waals surface area contributed by atoms with Gasteiger partial charge in [0, 0.05) is 12.3 Å². The minimum Gasteiger partial charge on any atom is -0.272 e. The lowest BCUT2D eigenvalue weighted by Crippen LogP contribution is -2.10. The number of rotatable bonds is 2. The summed E-state index contributed by atoms with van der Waals surface area (Å²) in [5, 5.41) is 3.02. The molecular formula is C4H4N6O. The van der Waals surface area contributed by atoms with Crippen molar-refractivity contribution in [1.82, 2.24) is 9.97 Å². The Morgan fingerprint density at radius 3 is 3.27 bits per heavy atom. The van der Waals surface area contributed by atoms with Crippen LogP contribution in [0.2, 0.25) is 0 Å². The van der Waals surface area contributed by atoms with Gasteiger partial charge in [0.1, 0.15) is 0 Å². The fourth-order valence-electron chi connectivity index (χ4n) is 0.510. The maximum Gasteiger partial charge on any atom is 0.348 e. The van der Waals surface area contributed by atoms with E-state index in [9.17, 15) is 4.79 Å². The molecule has 1 rings (SSSR count). The van der Waals surface area contributed by atoms with Gasteiger partial charge in [-0.05, 0) is 5.22 Å². The van der Waals surface area contributed by atoms with Crippen LogP contribution in [-0.4, -0.2) is 9.97 Å². The van der Waals surface area contributed by atoms with E-state index in [1.807, 2.05) is 0 Å². The highest BCUT2D eigenvalue weighted by Gasteiger charge is 1.91. The van der Waals surface area contributed by atoms with E-state index in [1.165, 1.54) is 12.3 Å². The molecule has 0 aliphatic rings. The monoisotopic (exact) mass is 152 g/mol. The molecule has 7 heteroatoms. The van der Waals surface area contributed by atoms with Crippen molar-refractivity contribution in [2.24, 2.45) is 5.22 Å². The Morgan fingerprint density at radius 1 is 1.82 bits per heavy atom. The number of azide groups is 1. The number of aromatic amines is 1. The van der Waals surface area contributed by atoms with Crippen molar-refractivity contribution in [3.63, 3.8) is 0 Å². The van der Waals surface area contributed by atoms with E-state index in [0.717, 1.165) is 0 Å².